The third-order valence-corrected chi connectivity index (χ3v) is 3.81. The highest BCUT2D eigenvalue weighted by molar-refractivity contribution is 7.89. The molecule has 104 valence electrons. The third kappa shape index (κ3) is 5.30. The van der Waals surface area contributed by atoms with Gasteiger partial charge in [0.15, 0.2) is 0 Å². The molecule has 0 saturated heterocycles. The van der Waals surface area contributed by atoms with Crippen LogP contribution in [0.1, 0.15) is 20.3 Å². The van der Waals surface area contributed by atoms with Crippen molar-refractivity contribution in [3.8, 4) is 0 Å². The quantitative estimate of drug-likeness (QED) is 0.824. The van der Waals surface area contributed by atoms with Crippen molar-refractivity contribution in [2.75, 3.05) is 6.54 Å². The molecule has 1 atom stereocenters. The topological polar surface area (TPSA) is 85.1 Å². The van der Waals surface area contributed by atoms with Crippen LogP contribution < -0.4 is 10.5 Å². The number of nitrogens with zero attached hydrogens (tertiary/aromatic N) is 1. The minimum atomic E-state index is -3.51. The molecule has 0 aromatic carbocycles. The highest BCUT2D eigenvalue weighted by Gasteiger charge is 2.19. The number of hydrogen-bond acceptors (Lipinski definition) is 4. The van der Waals surface area contributed by atoms with E-state index in [1.54, 1.807) is 6.07 Å². The molecular formula is C11H20ClN3O2S. The molecule has 0 saturated carbocycles. The fourth-order valence-corrected chi connectivity index (χ4v) is 2.78. The summed E-state index contributed by atoms with van der Waals surface area (Å²) in [6, 6.07) is 2.87. The summed E-state index contributed by atoms with van der Waals surface area (Å²) >= 11 is 0. The number of aromatic nitrogens is 1. The highest BCUT2D eigenvalue weighted by atomic mass is 35.5. The lowest BCUT2D eigenvalue weighted by Crippen LogP contribution is -2.40. The van der Waals surface area contributed by atoms with Gasteiger partial charge in [-0.05, 0) is 24.5 Å². The molecule has 0 aliphatic carbocycles. The van der Waals surface area contributed by atoms with E-state index in [9.17, 15) is 8.42 Å². The maximum atomic E-state index is 12.0. The van der Waals surface area contributed by atoms with Gasteiger partial charge in [-0.15, -0.1) is 12.4 Å². The predicted octanol–water partition coefficient (Wildman–Crippen LogP) is 1.16. The molecule has 18 heavy (non-hydrogen) atoms. The molecule has 5 nitrogen and oxygen atoms in total. The summed E-state index contributed by atoms with van der Waals surface area (Å²) < 4.78 is 26.6. The van der Waals surface area contributed by atoms with Gasteiger partial charge >= 0.3 is 0 Å². The minimum Gasteiger partial charge on any atom is -0.329 e. The van der Waals surface area contributed by atoms with Gasteiger partial charge in [-0.25, -0.2) is 13.1 Å². The number of pyridine rings is 1. The monoisotopic (exact) mass is 293 g/mol. The minimum absolute atomic E-state index is 0. The second kappa shape index (κ2) is 7.68. The Balaban J connectivity index is 0.00000289. The SMILES string of the molecule is CC(C)CC(CN)NS(=O)(=O)c1cccnc1.Cl. The fraction of sp³-hybridized carbons (Fsp3) is 0.545. The number of halogens is 1. The van der Waals surface area contributed by atoms with E-state index in [0.717, 1.165) is 6.42 Å². The van der Waals surface area contributed by atoms with Crippen molar-refractivity contribution in [1.82, 2.24) is 9.71 Å². The summed E-state index contributed by atoms with van der Waals surface area (Å²) in [6.45, 7) is 4.35. The lowest BCUT2D eigenvalue weighted by molar-refractivity contribution is 0.465. The molecular weight excluding hydrogens is 274 g/mol. The molecule has 1 aromatic heterocycles. The Bertz CT molecular complexity index is 437. The number of nitrogens with one attached hydrogen (secondary N) is 1. The van der Waals surface area contributed by atoms with Gasteiger partial charge in [-0.1, -0.05) is 13.8 Å². The Morgan fingerprint density at radius 3 is 2.56 bits per heavy atom. The molecule has 1 aromatic rings. The second-order valence-corrected chi connectivity index (χ2v) is 6.09. The summed E-state index contributed by atoms with van der Waals surface area (Å²) in [6.07, 6.45) is 3.58. The first-order valence-electron chi connectivity index (χ1n) is 5.58. The molecule has 1 unspecified atom stereocenters. The van der Waals surface area contributed by atoms with E-state index in [0.29, 0.717) is 5.92 Å². The molecule has 0 bridgehead atoms. The molecule has 0 aliphatic heterocycles. The van der Waals surface area contributed by atoms with Crippen molar-refractivity contribution < 1.29 is 8.42 Å². The molecule has 0 spiro atoms. The van der Waals surface area contributed by atoms with Gasteiger partial charge < -0.3 is 5.73 Å². The van der Waals surface area contributed by atoms with Crippen LogP contribution in [0.4, 0.5) is 0 Å². The zero-order valence-corrected chi connectivity index (χ0v) is 12.2. The van der Waals surface area contributed by atoms with Crippen LogP contribution in [0.25, 0.3) is 0 Å². The number of rotatable bonds is 6. The van der Waals surface area contributed by atoms with Crippen LogP contribution in [0.3, 0.4) is 0 Å². The largest absolute Gasteiger partial charge is 0.329 e. The Hall–Kier alpha value is -0.690. The van der Waals surface area contributed by atoms with E-state index in [1.807, 2.05) is 13.8 Å². The zero-order valence-electron chi connectivity index (χ0n) is 10.5. The first-order chi connectivity index (χ1) is 7.95. The highest BCUT2D eigenvalue weighted by Crippen LogP contribution is 2.10. The molecule has 1 heterocycles. The third-order valence-electron chi connectivity index (χ3n) is 2.31. The summed E-state index contributed by atoms with van der Waals surface area (Å²) in [5.74, 6) is 0.389. The zero-order chi connectivity index (χ0) is 12.9. The maximum Gasteiger partial charge on any atom is 0.242 e. The molecule has 7 heteroatoms. The number of nitrogens with two attached hydrogens (primary N) is 1. The average Bonchev–Trinajstić information content (AvgIpc) is 2.28. The lowest BCUT2D eigenvalue weighted by Gasteiger charge is -2.18. The van der Waals surface area contributed by atoms with Gasteiger partial charge in [0.25, 0.3) is 0 Å². The van der Waals surface area contributed by atoms with Crippen LogP contribution >= 0.6 is 12.4 Å². The van der Waals surface area contributed by atoms with Crippen molar-refractivity contribution >= 4 is 22.4 Å². The first kappa shape index (κ1) is 17.3. The Labute approximate surface area is 115 Å². The van der Waals surface area contributed by atoms with E-state index < -0.39 is 10.0 Å². The molecule has 0 aliphatic rings. The van der Waals surface area contributed by atoms with Gasteiger partial charge in [-0.2, -0.15) is 0 Å². The summed E-state index contributed by atoms with van der Waals surface area (Å²) in [5, 5.41) is 0. The summed E-state index contributed by atoms with van der Waals surface area (Å²) in [5.41, 5.74) is 5.56. The number of sulfonamides is 1. The van der Waals surface area contributed by atoms with E-state index in [2.05, 4.69) is 9.71 Å². The van der Waals surface area contributed by atoms with Crippen LogP contribution in [0.2, 0.25) is 0 Å². The standard InChI is InChI=1S/C11H19N3O2S.ClH/c1-9(2)6-10(7-12)14-17(15,16)11-4-3-5-13-8-11;/h3-5,8-10,14H,6-7,12H2,1-2H3;1H. The van der Waals surface area contributed by atoms with Crippen molar-refractivity contribution in [3.05, 3.63) is 24.5 Å². The average molecular weight is 294 g/mol. The Morgan fingerprint density at radius 2 is 2.11 bits per heavy atom. The smallest absolute Gasteiger partial charge is 0.242 e. The lowest BCUT2D eigenvalue weighted by atomic mass is 10.1. The van der Waals surface area contributed by atoms with E-state index in [1.165, 1.54) is 18.5 Å². The Kier molecular flexibility index (Phi) is 7.39. The molecule has 0 radical (unpaired) electrons. The van der Waals surface area contributed by atoms with Gasteiger partial charge in [-0.3, -0.25) is 4.98 Å². The molecule has 0 fully saturated rings. The van der Waals surface area contributed by atoms with Gasteiger partial charge in [0, 0.05) is 25.0 Å². The van der Waals surface area contributed by atoms with Crippen molar-refractivity contribution in [2.24, 2.45) is 11.7 Å². The molecule has 1 rings (SSSR count). The normalized spacial score (nSPS) is 13.1. The van der Waals surface area contributed by atoms with Gasteiger partial charge in [0.1, 0.15) is 4.90 Å². The van der Waals surface area contributed by atoms with E-state index in [-0.39, 0.29) is 29.9 Å². The van der Waals surface area contributed by atoms with E-state index in [4.69, 9.17) is 5.73 Å². The fourth-order valence-electron chi connectivity index (χ4n) is 1.55. The van der Waals surface area contributed by atoms with E-state index >= 15 is 0 Å². The van der Waals surface area contributed by atoms with Crippen molar-refractivity contribution in [2.45, 2.75) is 31.2 Å². The van der Waals surface area contributed by atoms with Crippen LogP contribution in [-0.4, -0.2) is 26.0 Å². The first-order valence-corrected chi connectivity index (χ1v) is 7.06. The predicted molar refractivity (Wildman–Crippen MR) is 74.1 cm³/mol. The van der Waals surface area contributed by atoms with Crippen LogP contribution in [0.15, 0.2) is 29.4 Å². The van der Waals surface area contributed by atoms with Crippen LogP contribution in [-0.2, 0) is 10.0 Å². The van der Waals surface area contributed by atoms with Gasteiger partial charge in [0.2, 0.25) is 10.0 Å². The van der Waals surface area contributed by atoms with Crippen molar-refractivity contribution in [1.29, 1.82) is 0 Å². The summed E-state index contributed by atoms with van der Waals surface area (Å²) in [4.78, 5) is 3.96. The number of hydrogen-bond donors (Lipinski definition) is 2. The Morgan fingerprint density at radius 1 is 1.44 bits per heavy atom. The van der Waals surface area contributed by atoms with Gasteiger partial charge in [0.05, 0.1) is 0 Å². The molecule has 0 amide bonds. The second-order valence-electron chi connectivity index (χ2n) is 4.37. The van der Waals surface area contributed by atoms with Crippen LogP contribution in [0, 0.1) is 5.92 Å². The molecule has 3 N–H and O–H groups in total. The maximum absolute atomic E-state index is 12.0. The van der Waals surface area contributed by atoms with Crippen molar-refractivity contribution in [3.63, 3.8) is 0 Å². The van der Waals surface area contributed by atoms with Crippen LogP contribution in [0.5, 0.6) is 0 Å². The summed E-state index contributed by atoms with van der Waals surface area (Å²) in [7, 11) is -3.51.